The van der Waals surface area contributed by atoms with Crippen molar-refractivity contribution in [2.75, 3.05) is 11.9 Å². The number of hydrogen-bond acceptors (Lipinski definition) is 5. The molecular weight excluding hydrogens is 396 g/mol. The maximum atomic E-state index is 13.1. The van der Waals surface area contributed by atoms with E-state index in [1.807, 2.05) is 19.1 Å². The first-order chi connectivity index (χ1) is 14.8. The Balaban J connectivity index is 1.39. The van der Waals surface area contributed by atoms with Crippen LogP contribution < -0.4 is 5.32 Å². The van der Waals surface area contributed by atoms with E-state index in [1.165, 1.54) is 0 Å². The minimum atomic E-state index is -0.998. The second-order valence-electron chi connectivity index (χ2n) is 9.33. The van der Waals surface area contributed by atoms with Crippen molar-refractivity contribution in [2.24, 2.45) is 29.6 Å². The Kier molecular flexibility index (Phi) is 5.86. The van der Waals surface area contributed by atoms with Crippen LogP contribution in [0.1, 0.15) is 45.6 Å². The van der Waals surface area contributed by atoms with Gasteiger partial charge in [0.1, 0.15) is 6.04 Å². The molecule has 0 aromatic heterocycles. The van der Waals surface area contributed by atoms with E-state index in [0.717, 1.165) is 36.1 Å². The van der Waals surface area contributed by atoms with Crippen molar-refractivity contribution in [1.29, 1.82) is 0 Å². The number of benzene rings is 1. The molecule has 1 saturated heterocycles. The lowest BCUT2D eigenvalue weighted by Gasteiger charge is -2.28. The van der Waals surface area contributed by atoms with Crippen LogP contribution in [0.3, 0.4) is 0 Å². The van der Waals surface area contributed by atoms with Gasteiger partial charge in [0.2, 0.25) is 11.8 Å². The zero-order valence-corrected chi connectivity index (χ0v) is 18.3. The third-order valence-corrected chi connectivity index (χ3v) is 7.10. The predicted octanol–water partition coefficient (Wildman–Crippen LogP) is 2.79. The number of likely N-dealkylation sites (tertiary alicyclic amines) is 1. The Bertz CT molecular complexity index is 866. The SMILES string of the molecule is CCc1ccc(NC(=O)COC(=O)[C@H](C(C)C)N2C(=O)[C@H]3[C@@H]4CC[C@@H](C4)[C@@H]3C2=O)cc1. The van der Waals surface area contributed by atoms with Crippen molar-refractivity contribution in [3.8, 4) is 0 Å². The van der Waals surface area contributed by atoms with Crippen LogP contribution in [0.5, 0.6) is 0 Å². The standard InChI is InChI=1S/C24H30N2O5/c1-4-14-5-9-17(10-6-14)25-18(27)12-31-24(30)21(13(2)3)26-22(28)19-15-7-8-16(11-15)20(19)23(26)29/h5-6,9-10,13,15-16,19-21H,4,7-8,11-12H2,1-3H3,(H,25,27)/t15-,16+,19-,20-,21-/m0/s1. The summed E-state index contributed by atoms with van der Waals surface area (Å²) in [5.41, 5.74) is 1.77. The number of rotatable bonds is 7. The van der Waals surface area contributed by atoms with Crippen molar-refractivity contribution in [2.45, 2.75) is 52.5 Å². The summed E-state index contributed by atoms with van der Waals surface area (Å²) in [6.07, 6.45) is 3.81. The Morgan fingerprint density at radius 3 is 2.16 bits per heavy atom. The number of anilines is 1. The van der Waals surface area contributed by atoms with Gasteiger partial charge in [-0.05, 0) is 61.1 Å². The average Bonchev–Trinajstić information content (AvgIpc) is 3.42. The van der Waals surface area contributed by atoms with Gasteiger partial charge in [-0.1, -0.05) is 32.9 Å². The molecule has 0 radical (unpaired) electrons. The van der Waals surface area contributed by atoms with Crippen LogP contribution in [0.25, 0.3) is 0 Å². The van der Waals surface area contributed by atoms with Gasteiger partial charge in [-0.15, -0.1) is 0 Å². The number of imide groups is 1. The number of aryl methyl sites for hydroxylation is 1. The number of nitrogens with one attached hydrogen (secondary N) is 1. The molecule has 5 atom stereocenters. The molecule has 2 bridgehead atoms. The summed E-state index contributed by atoms with van der Waals surface area (Å²) in [7, 11) is 0. The van der Waals surface area contributed by atoms with Gasteiger partial charge in [0, 0.05) is 5.69 Å². The van der Waals surface area contributed by atoms with Crippen molar-refractivity contribution in [3.63, 3.8) is 0 Å². The fraction of sp³-hybridized carbons (Fsp3) is 0.583. The minimum Gasteiger partial charge on any atom is -0.454 e. The van der Waals surface area contributed by atoms with Crippen LogP contribution >= 0.6 is 0 Å². The maximum Gasteiger partial charge on any atom is 0.330 e. The fourth-order valence-corrected chi connectivity index (χ4v) is 5.62. The Labute approximate surface area is 182 Å². The highest BCUT2D eigenvalue weighted by Crippen LogP contribution is 2.56. The van der Waals surface area contributed by atoms with Crippen molar-refractivity contribution >= 4 is 29.4 Å². The van der Waals surface area contributed by atoms with Gasteiger partial charge in [-0.25, -0.2) is 4.79 Å². The van der Waals surface area contributed by atoms with Crippen LogP contribution in [-0.2, 0) is 30.3 Å². The van der Waals surface area contributed by atoms with Gasteiger partial charge in [0.15, 0.2) is 6.61 Å². The Hall–Kier alpha value is -2.70. The highest BCUT2D eigenvalue weighted by molar-refractivity contribution is 6.08. The molecule has 1 aliphatic heterocycles. The second-order valence-corrected chi connectivity index (χ2v) is 9.33. The van der Waals surface area contributed by atoms with Crippen molar-refractivity contribution < 1.29 is 23.9 Å². The molecule has 1 aromatic rings. The molecule has 0 spiro atoms. The van der Waals surface area contributed by atoms with E-state index in [9.17, 15) is 19.2 Å². The number of amides is 3. The third kappa shape index (κ3) is 3.86. The summed E-state index contributed by atoms with van der Waals surface area (Å²) in [6.45, 7) is 5.15. The number of esters is 1. The van der Waals surface area contributed by atoms with Crippen LogP contribution in [0.4, 0.5) is 5.69 Å². The summed E-state index contributed by atoms with van der Waals surface area (Å²) in [6, 6.07) is 6.44. The van der Waals surface area contributed by atoms with Gasteiger partial charge >= 0.3 is 5.97 Å². The topological polar surface area (TPSA) is 92.8 Å². The lowest BCUT2D eigenvalue weighted by molar-refractivity contribution is -0.162. The zero-order valence-electron chi connectivity index (χ0n) is 18.3. The summed E-state index contributed by atoms with van der Waals surface area (Å²) in [4.78, 5) is 52.4. The molecule has 2 saturated carbocycles. The number of carbonyl (C=O) groups is 4. The molecule has 2 aliphatic carbocycles. The lowest BCUT2D eigenvalue weighted by atomic mass is 9.81. The van der Waals surface area contributed by atoms with E-state index in [2.05, 4.69) is 5.32 Å². The van der Waals surface area contributed by atoms with E-state index in [-0.39, 0.29) is 41.4 Å². The molecule has 3 aliphatic rings. The summed E-state index contributed by atoms with van der Waals surface area (Å²) < 4.78 is 5.25. The molecular formula is C24H30N2O5. The molecule has 1 heterocycles. The van der Waals surface area contributed by atoms with E-state index in [4.69, 9.17) is 4.74 Å². The maximum absolute atomic E-state index is 13.1. The normalized spacial score (nSPS) is 27.5. The summed E-state index contributed by atoms with van der Waals surface area (Å²) in [5.74, 6) is -2.01. The first-order valence-electron chi connectivity index (χ1n) is 11.2. The smallest absolute Gasteiger partial charge is 0.330 e. The van der Waals surface area contributed by atoms with Crippen LogP contribution in [-0.4, -0.2) is 41.2 Å². The molecule has 3 amide bonds. The Morgan fingerprint density at radius 1 is 1.06 bits per heavy atom. The van der Waals surface area contributed by atoms with Crippen molar-refractivity contribution in [3.05, 3.63) is 29.8 Å². The van der Waals surface area contributed by atoms with Gasteiger partial charge in [-0.2, -0.15) is 0 Å². The van der Waals surface area contributed by atoms with E-state index >= 15 is 0 Å². The number of carbonyl (C=O) groups excluding carboxylic acids is 4. The van der Waals surface area contributed by atoms with Gasteiger partial charge in [0.25, 0.3) is 5.91 Å². The quantitative estimate of drug-likeness (QED) is 0.535. The fourth-order valence-electron chi connectivity index (χ4n) is 5.62. The van der Waals surface area contributed by atoms with Gasteiger partial charge in [0.05, 0.1) is 11.8 Å². The number of hydrogen-bond donors (Lipinski definition) is 1. The highest BCUT2D eigenvalue weighted by atomic mass is 16.5. The predicted molar refractivity (Wildman–Crippen MR) is 114 cm³/mol. The lowest BCUT2D eigenvalue weighted by Crippen LogP contribution is -2.50. The number of nitrogens with zero attached hydrogens (tertiary/aromatic N) is 1. The molecule has 166 valence electrons. The average molecular weight is 427 g/mol. The van der Waals surface area contributed by atoms with Crippen LogP contribution in [0, 0.1) is 29.6 Å². The third-order valence-electron chi connectivity index (χ3n) is 7.10. The zero-order chi connectivity index (χ0) is 22.3. The van der Waals surface area contributed by atoms with E-state index < -0.39 is 24.5 Å². The molecule has 1 N–H and O–H groups in total. The van der Waals surface area contributed by atoms with Crippen LogP contribution in [0.15, 0.2) is 24.3 Å². The second kappa shape index (κ2) is 8.44. The number of fused-ring (bicyclic) bond motifs is 5. The van der Waals surface area contributed by atoms with Gasteiger partial charge in [-0.3, -0.25) is 19.3 Å². The van der Waals surface area contributed by atoms with Gasteiger partial charge < -0.3 is 10.1 Å². The Morgan fingerprint density at radius 2 is 1.65 bits per heavy atom. The molecule has 31 heavy (non-hydrogen) atoms. The van der Waals surface area contributed by atoms with E-state index in [1.54, 1.807) is 26.0 Å². The monoisotopic (exact) mass is 426 g/mol. The van der Waals surface area contributed by atoms with E-state index in [0.29, 0.717) is 5.69 Å². The summed E-state index contributed by atoms with van der Waals surface area (Å²) >= 11 is 0. The van der Waals surface area contributed by atoms with Crippen molar-refractivity contribution in [1.82, 2.24) is 4.90 Å². The molecule has 0 unspecified atom stereocenters. The minimum absolute atomic E-state index is 0.238. The first kappa shape index (κ1) is 21.5. The highest BCUT2D eigenvalue weighted by Gasteiger charge is 2.62. The summed E-state index contributed by atoms with van der Waals surface area (Å²) in [5, 5.41) is 2.69. The molecule has 7 nitrogen and oxygen atoms in total. The van der Waals surface area contributed by atoms with Crippen LogP contribution in [0.2, 0.25) is 0 Å². The first-order valence-corrected chi connectivity index (χ1v) is 11.2. The number of ether oxygens (including phenoxy) is 1. The molecule has 1 aromatic carbocycles. The molecule has 4 rings (SSSR count). The molecule has 3 fully saturated rings. The molecule has 7 heteroatoms. The largest absolute Gasteiger partial charge is 0.454 e.